The summed E-state index contributed by atoms with van der Waals surface area (Å²) in [6.45, 7) is 1.81. The average molecular weight is 211 g/mol. The van der Waals surface area contributed by atoms with Gasteiger partial charge in [-0.15, -0.1) is 0 Å². The molecule has 0 saturated heterocycles. The molecule has 0 spiro atoms. The normalized spacial score (nSPS) is 12.1. The highest BCUT2D eigenvalue weighted by molar-refractivity contribution is 6.56. The zero-order chi connectivity index (χ0) is 11.2. The monoisotopic (exact) mass is 211 g/mol. The fourth-order valence-corrected chi connectivity index (χ4v) is 1.64. The van der Waals surface area contributed by atoms with Crippen molar-refractivity contribution in [1.82, 2.24) is 14.5 Å². The fraction of sp³-hybridized carbons (Fsp3) is 0.250. The number of aryl methyl sites for hydroxylation is 1. The molecule has 0 atom stereocenters. The molecule has 3 nitrogen and oxygen atoms in total. The summed E-state index contributed by atoms with van der Waals surface area (Å²) in [5.41, 5.74) is 1.76. The zero-order valence-corrected chi connectivity index (χ0v) is 8.86. The second-order valence-corrected chi connectivity index (χ2v) is 3.83. The topological polar surface area (TPSA) is 30.7 Å². The minimum Gasteiger partial charge on any atom is -0.335 e. The van der Waals surface area contributed by atoms with Gasteiger partial charge in [-0.2, -0.15) is 0 Å². The molecule has 0 fully saturated rings. The molecule has 2 aromatic rings. The number of fused-ring (bicyclic) bond motifs is 1. The zero-order valence-electron chi connectivity index (χ0n) is 8.11. The first-order valence-corrected chi connectivity index (χ1v) is 4.64. The third-order valence-electron chi connectivity index (χ3n) is 2.00. The van der Waals surface area contributed by atoms with Gasteiger partial charge in [-0.25, -0.2) is 9.97 Å². The molecule has 0 aromatic carbocycles. The first-order chi connectivity index (χ1) is 6.89. The molecule has 0 amide bonds. The van der Waals surface area contributed by atoms with Crippen LogP contribution in [0.15, 0.2) is 12.4 Å². The molecule has 15 heavy (non-hydrogen) atoms. The molecule has 6 radical (unpaired) electrons. The Morgan fingerprint density at radius 1 is 1.40 bits per heavy atom. The van der Waals surface area contributed by atoms with Crippen LogP contribution in [0.4, 0.5) is 0 Å². The van der Waals surface area contributed by atoms with E-state index in [0.717, 1.165) is 5.69 Å². The van der Waals surface area contributed by atoms with Gasteiger partial charge in [0.05, 0.1) is 34.9 Å². The van der Waals surface area contributed by atoms with E-state index in [9.17, 15) is 0 Å². The Labute approximate surface area is 96.5 Å². The molecule has 68 valence electrons. The Bertz CT molecular complexity index is 518. The number of hydrogen-bond donors (Lipinski definition) is 0. The molecule has 0 unspecified atom stereocenters. The summed E-state index contributed by atoms with van der Waals surface area (Å²) in [5, 5.41) is -1.03. The van der Waals surface area contributed by atoms with Gasteiger partial charge in [0, 0.05) is 5.69 Å². The van der Waals surface area contributed by atoms with Crippen LogP contribution in [0.1, 0.15) is 5.69 Å². The lowest BCUT2D eigenvalue weighted by Gasteiger charge is -2.22. The van der Waals surface area contributed by atoms with Gasteiger partial charge in [0.15, 0.2) is 5.65 Å². The van der Waals surface area contributed by atoms with Crippen LogP contribution in [-0.4, -0.2) is 38.1 Å². The van der Waals surface area contributed by atoms with Crippen molar-refractivity contribution in [3.05, 3.63) is 23.1 Å². The summed E-state index contributed by atoms with van der Waals surface area (Å²) in [7, 11) is 16.7. The molecule has 2 rings (SSSR count). The maximum Gasteiger partial charge on any atom is 0.159 e. The van der Waals surface area contributed by atoms with Gasteiger partial charge in [-0.05, 0) is 13.0 Å². The van der Waals surface area contributed by atoms with Gasteiger partial charge in [0.1, 0.15) is 5.52 Å². The van der Waals surface area contributed by atoms with Crippen LogP contribution in [-0.2, 0) is 5.24 Å². The lowest BCUT2D eigenvalue weighted by Crippen LogP contribution is -2.34. The molecular formula is C8H5B3ClN3. The number of hydrogen-bond acceptors (Lipinski definition) is 2. The van der Waals surface area contributed by atoms with Crippen LogP contribution in [0.25, 0.3) is 11.2 Å². The van der Waals surface area contributed by atoms with E-state index in [1.807, 2.05) is 6.92 Å². The van der Waals surface area contributed by atoms with Crippen molar-refractivity contribution < 1.29 is 0 Å². The summed E-state index contributed by atoms with van der Waals surface area (Å²) in [6, 6.07) is 1.71. The number of rotatable bonds is 1. The standard InChI is InChI=1S/C8H5B3ClN3/c1-4-2-5(12)6-7(14-4)15(3-13-6)8(9,10)11/h2-3H,1H3. The van der Waals surface area contributed by atoms with Crippen LogP contribution in [0, 0.1) is 6.92 Å². The number of nitrogens with zero attached hydrogens (tertiary/aromatic N) is 3. The van der Waals surface area contributed by atoms with E-state index in [2.05, 4.69) is 9.97 Å². The number of halogens is 1. The first kappa shape index (κ1) is 10.6. The molecule has 0 N–H and O–H groups in total. The van der Waals surface area contributed by atoms with Gasteiger partial charge < -0.3 is 4.57 Å². The second kappa shape index (κ2) is 3.30. The van der Waals surface area contributed by atoms with E-state index in [1.54, 1.807) is 6.07 Å². The Balaban J connectivity index is 2.80. The van der Waals surface area contributed by atoms with Crippen molar-refractivity contribution in [3.63, 3.8) is 0 Å². The van der Waals surface area contributed by atoms with Gasteiger partial charge in [0.2, 0.25) is 0 Å². The van der Waals surface area contributed by atoms with E-state index in [4.69, 9.17) is 35.1 Å². The van der Waals surface area contributed by atoms with Crippen molar-refractivity contribution in [3.8, 4) is 0 Å². The molecule has 0 aliphatic carbocycles. The largest absolute Gasteiger partial charge is 0.335 e. The highest BCUT2D eigenvalue weighted by atomic mass is 35.5. The molecule has 0 aliphatic heterocycles. The highest BCUT2D eigenvalue weighted by Gasteiger charge is 2.17. The third kappa shape index (κ3) is 1.78. The average Bonchev–Trinajstić information content (AvgIpc) is 2.45. The van der Waals surface area contributed by atoms with Crippen molar-refractivity contribution >= 4 is 46.3 Å². The van der Waals surface area contributed by atoms with Gasteiger partial charge >= 0.3 is 0 Å². The summed E-state index contributed by atoms with van der Waals surface area (Å²) in [6.07, 6.45) is 1.42. The lowest BCUT2D eigenvalue weighted by molar-refractivity contribution is 0.799. The van der Waals surface area contributed by atoms with Crippen LogP contribution in [0.2, 0.25) is 5.02 Å². The Morgan fingerprint density at radius 2 is 2.07 bits per heavy atom. The van der Waals surface area contributed by atoms with Crippen LogP contribution in [0.3, 0.4) is 0 Å². The predicted octanol–water partition coefficient (Wildman–Crippen LogP) is 0.466. The summed E-state index contributed by atoms with van der Waals surface area (Å²) in [4.78, 5) is 8.29. The molecule has 7 heteroatoms. The van der Waals surface area contributed by atoms with E-state index < -0.39 is 5.24 Å². The molecule has 2 heterocycles. The van der Waals surface area contributed by atoms with Gasteiger partial charge in [-0.1, -0.05) is 16.8 Å². The molecule has 2 aromatic heterocycles. The van der Waals surface area contributed by atoms with Gasteiger partial charge in [0.25, 0.3) is 0 Å². The Morgan fingerprint density at radius 3 is 2.67 bits per heavy atom. The van der Waals surface area contributed by atoms with Crippen LogP contribution >= 0.6 is 11.6 Å². The number of pyridine rings is 1. The Hall–Kier alpha value is -0.895. The third-order valence-corrected chi connectivity index (χ3v) is 2.29. The minimum atomic E-state index is -1.53. The van der Waals surface area contributed by atoms with E-state index >= 15 is 0 Å². The lowest BCUT2D eigenvalue weighted by atomic mass is 9.49. The smallest absolute Gasteiger partial charge is 0.159 e. The quantitative estimate of drug-likeness (QED) is 0.641. The van der Waals surface area contributed by atoms with E-state index in [0.29, 0.717) is 16.2 Å². The molecule has 0 bridgehead atoms. The highest BCUT2D eigenvalue weighted by Crippen LogP contribution is 2.23. The van der Waals surface area contributed by atoms with Crippen molar-refractivity contribution in [1.29, 1.82) is 0 Å². The molecule has 0 aliphatic rings. The van der Waals surface area contributed by atoms with Crippen molar-refractivity contribution in [2.24, 2.45) is 0 Å². The van der Waals surface area contributed by atoms with Gasteiger partial charge in [-0.3, -0.25) is 0 Å². The second-order valence-electron chi connectivity index (χ2n) is 3.42. The molecular weight excluding hydrogens is 206 g/mol. The van der Waals surface area contributed by atoms with Crippen molar-refractivity contribution in [2.75, 3.05) is 0 Å². The van der Waals surface area contributed by atoms with E-state index in [-0.39, 0.29) is 0 Å². The first-order valence-electron chi connectivity index (χ1n) is 4.27. The fourth-order valence-electron chi connectivity index (χ4n) is 1.35. The van der Waals surface area contributed by atoms with Crippen molar-refractivity contribution in [2.45, 2.75) is 12.2 Å². The predicted molar refractivity (Wildman–Crippen MR) is 62.5 cm³/mol. The summed E-state index contributed by atoms with van der Waals surface area (Å²) >= 11 is 5.99. The maximum absolute atomic E-state index is 5.99. The number of imidazole rings is 1. The minimum absolute atomic E-state index is 0.479. The Kier molecular flexibility index (Phi) is 2.34. The van der Waals surface area contributed by atoms with Crippen LogP contribution in [0.5, 0.6) is 0 Å². The summed E-state index contributed by atoms with van der Waals surface area (Å²) < 4.78 is 1.38. The maximum atomic E-state index is 5.99. The number of aromatic nitrogens is 3. The SMILES string of the molecule is [B]C([B])([B])n1cnc2c(Cl)cc(C)nc21. The van der Waals surface area contributed by atoms with E-state index in [1.165, 1.54) is 10.9 Å². The van der Waals surface area contributed by atoms with Crippen LogP contribution < -0.4 is 0 Å². The summed E-state index contributed by atoms with van der Waals surface area (Å²) in [5.74, 6) is 0. The molecule has 0 saturated carbocycles.